The fourth-order valence-corrected chi connectivity index (χ4v) is 2.59. The van der Waals surface area contributed by atoms with Crippen molar-refractivity contribution in [2.75, 3.05) is 25.5 Å². The summed E-state index contributed by atoms with van der Waals surface area (Å²) in [5, 5.41) is 3.66. The zero-order valence-electron chi connectivity index (χ0n) is 11.7. The number of rotatable bonds is 1. The molecule has 1 atom stereocenters. The summed E-state index contributed by atoms with van der Waals surface area (Å²) in [6.45, 7) is 8.02. The molecule has 1 aliphatic heterocycles. The maximum absolute atomic E-state index is 3.66. The van der Waals surface area contributed by atoms with Gasteiger partial charge in [0, 0.05) is 25.8 Å². The second kappa shape index (κ2) is 4.34. The Hall–Kier alpha value is -1.02. The lowest BCUT2D eigenvalue weighted by Crippen LogP contribution is -2.38. The van der Waals surface area contributed by atoms with Gasteiger partial charge < -0.3 is 10.2 Å². The van der Waals surface area contributed by atoms with Gasteiger partial charge in [0.25, 0.3) is 0 Å². The maximum atomic E-state index is 3.66. The molecule has 1 aromatic rings. The summed E-state index contributed by atoms with van der Waals surface area (Å²) in [7, 11) is 4.20. The van der Waals surface area contributed by atoms with Gasteiger partial charge in [-0.3, -0.25) is 0 Å². The Balaban J connectivity index is 2.45. The standard InChI is InChI=1S/C15H24N2/c1-15(2,3)14-13-10-12(17(4)5)7-6-11(13)8-9-16-14/h6-7,10,14,16H,8-9H2,1-5H3. The van der Waals surface area contributed by atoms with Gasteiger partial charge in [0.05, 0.1) is 0 Å². The third-order valence-corrected chi connectivity index (χ3v) is 3.57. The van der Waals surface area contributed by atoms with Crippen LogP contribution in [0, 0.1) is 5.41 Å². The van der Waals surface area contributed by atoms with Gasteiger partial charge in [0.15, 0.2) is 0 Å². The van der Waals surface area contributed by atoms with Crippen molar-refractivity contribution in [3.8, 4) is 0 Å². The van der Waals surface area contributed by atoms with Crippen molar-refractivity contribution < 1.29 is 0 Å². The van der Waals surface area contributed by atoms with E-state index in [0.717, 1.165) is 13.0 Å². The van der Waals surface area contributed by atoms with Crippen molar-refractivity contribution in [1.82, 2.24) is 5.32 Å². The molecule has 0 aromatic heterocycles. The van der Waals surface area contributed by atoms with Gasteiger partial charge in [0.1, 0.15) is 0 Å². The molecule has 94 valence electrons. The van der Waals surface area contributed by atoms with Gasteiger partial charge in [-0.2, -0.15) is 0 Å². The van der Waals surface area contributed by atoms with Gasteiger partial charge >= 0.3 is 0 Å². The van der Waals surface area contributed by atoms with E-state index in [1.54, 1.807) is 0 Å². The van der Waals surface area contributed by atoms with Crippen LogP contribution in [0.3, 0.4) is 0 Å². The monoisotopic (exact) mass is 232 g/mol. The lowest BCUT2D eigenvalue weighted by molar-refractivity contribution is 0.263. The molecule has 0 saturated heterocycles. The molecule has 2 nitrogen and oxygen atoms in total. The summed E-state index contributed by atoms with van der Waals surface area (Å²) in [4.78, 5) is 2.18. The molecule has 0 radical (unpaired) electrons. The molecule has 0 saturated carbocycles. The Morgan fingerprint density at radius 2 is 1.94 bits per heavy atom. The van der Waals surface area contributed by atoms with Gasteiger partial charge in [-0.25, -0.2) is 0 Å². The summed E-state index contributed by atoms with van der Waals surface area (Å²) < 4.78 is 0. The van der Waals surface area contributed by atoms with E-state index in [0.29, 0.717) is 6.04 Å². The highest BCUT2D eigenvalue weighted by molar-refractivity contribution is 5.51. The number of nitrogens with one attached hydrogen (secondary N) is 1. The zero-order valence-corrected chi connectivity index (χ0v) is 11.7. The Kier molecular flexibility index (Phi) is 3.17. The first kappa shape index (κ1) is 12.4. The van der Waals surface area contributed by atoms with Crippen LogP contribution in [0.15, 0.2) is 18.2 Å². The van der Waals surface area contributed by atoms with Crippen LogP contribution in [0.4, 0.5) is 5.69 Å². The van der Waals surface area contributed by atoms with Crippen LogP contribution in [0.2, 0.25) is 0 Å². The molecule has 17 heavy (non-hydrogen) atoms. The second-order valence-electron chi connectivity index (χ2n) is 6.28. The van der Waals surface area contributed by atoms with E-state index in [2.05, 4.69) is 63.3 Å². The van der Waals surface area contributed by atoms with E-state index in [4.69, 9.17) is 0 Å². The first-order valence-corrected chi connectivity index (χ1v) is 6.43. The number of hydrogen-bond donors (Lipinski definition) is 1. The number of benzene rings is 1. The minimum absolute atomic E-state index is 0.264. The summed E-state index contributed by atoms with van der Waals surface area (Å²) in [5.41, 5.74) is 4.55. The normalized spacial score (nSPS) is 19.9. The Morgan fingerprint density at radius 1 is 1.24 bits per heavy atom. The van der Waals surface area contributed by atoms with E-state index in [1.165, 1.54) is 16.8 Å². The third-order valence-electron chi connectivity index (χ3n) is 3.57. The van der Waals surface area contributed by atoms with Crippen molar-refractivity contribution >= 4 is 5.69 Å². The van der Waals surface area contributed by atoms with Crippen LogP contribution in [-0.2, 0) is 6.42 Å². The molecule has 0 bridgehead atoms. The van der Waals surface area contributed by atoms with E-state index < -0.39 is 0 Å². The van der Waals surface area contributed by atoms with Crippen molar-refractivity contribution in [2.24, 2.45) is 5.41 Å². The minimum Gasteiger partial charge on any atom is -0.378 e. The lowest BCUT2D eigenvalue weighted by atomic mass is 9.78. The summed E-state index contributed by atoms with van der Waals surface area (Å²) in [6.07, 6.45) is 1.15. The highest BCUT2D eigenvalue weighted by atomic mass is 15.1. The maximum Gasteiger partial charge on any atom is 0.0372 e. The van der Waals surface area contributed by atoms with Crippen molar-refractivity contribution in [2.45, 2.75) is 33.2 Å². The van der Waals surface area contributed by atoms with E-state index in [9.17, 15) is 0 Å². The van der Waals surface area contributed by atoms with Crippen LogP contribution in [0.5, 0.6) is 0 Å². The van der Waals surface area contributed by atoms with Crippen LogP contribution >= 0.6 is 0 Å². The summed E-state index contributed by atoms with van der Waals surface area (Å²) in [6, 6.07) is 7.33. The SMILES string of the molecule is CN(C)c1ccc2c(c1)C(C(C)(C)C)NCC2. The topological polar surface area (TPSA) is 15.3 Å². The average molecular weight is 232 g/mol. The quantitative estimate of drug-likeness (QED) is 0.801. The summed E-state index contributed by atoms with van der Waals surface area (Å²) >= 11 is 0. The Labute approximate surface area is 105 Å². The first-order valence-electron chi connectivity index (χ1n) is 6.43. The van der Waals surface area contributed by atoms with Gasteiger partial charge in [0.2, 0.25) is 0 Å². The fourth-order valence-electron chi connectivity index (χ4n) is 2.59. The smallest absolute Gasteiger partial charge is 0.0372 e. The highest BCUT2D eigenvalue weighted by Gasteiger charge is 2.30. The van der Waals surface area contributed by atoms with E-state index >= 15 is 0 Å². The molecule has 2 rings (SSSR count). The van der Waals surface area contributed by atoms with Crippen molar-refractivity contribution in [3.05, 3.63) is 29.3 Å². The predicted octanol–water partition coefficient (Wildman–Crippen LogP) is 2.99. The predicted molar refractivity (Wildman–Crippen MR) is 74.7 cm³/mol. The molecule has 1 aromatic carbocycles. The van der Waals surface area contributed by atoms with Crippen LogP contribution in [0.1, 0.15) is 37.9 Å². The Bertz CT molecular complexity index is 402. The van der Waals surface area contributed by atoms with Crippen LogP contribution in [-0.4, -0.2) is 20.6 Å². The molecule has 0 aliphatic carbocycles. The van der Waals surface area contributed by atoms with E-state index in [-0.39, 0.29) is 5.41 Å². The lowest BCUT2D eigenvalue weighted by Gasteiger charge is -2.37. The van der Waals surface area contributed by atoms with Crippen molar-refractivity contribution in [1.29, 1.82) is 0 Å². The average Bonchev–Trinajstić information content (AvgIpc) is 2.26. The molecule has 1 unspecified atom stereocenters. The first-order chi connectivity index (χ1) is 7.89. The molecule has 1 aliphatic rings. The molecule has 0 fully saturated rings. The van der Waals surface area contributed by atoms with E-state index in [1.807, 2.05) is 0 Å². The molecular formula is C15H24N2. The zero-order chi connectivity index (χ0) is 12.6. The Morgan fingerprint density at radius 3 is 2.53 bits per heavy atom. The van der Waals surface area contributed by atoms with Gasteiger partial charge in [-0.05, 0) is 41.6 Å². The third kappa shape index (κ3) is 2.47. The van der Waals surface area contributed by atoms with Crippen LogP contribution in [0.25, 0.3) is 0 Å². The highest BCUT2D eigenvalue weighted by Crippen LogP contribution is 2.38. The molecule has 1 heterocycles. The largest absolute Gasteiger partial charge is 0.378 e. The molecule has 0 amide bonds. The minimum atomic E-state index is 0.264. The van der Waals surface area contributed by atoms with Gasteiger partial charge in [-0.1, -0.05) is 26.8 Å². The van der Waals surface area contributed by atoms with Crippen LogP contribution < -0.4 is 10.2 Å². The number of fused-ring (bicyclic) bond motifs is 1. The molecule has 2 heteroatoms. The molecule has 1 N–H and O–H groups in total. The van der Waals surface area contributed by atoms with Gasteiger partial charge in [-0.15, -0.1) is 0 Å². The molecular weight excluding hydrogens is 208 g/mol. The number of hydrogen-bond acceptors (Lipinski definition) is 2. The number of anilines is 1. The number of nitrogens with zero attached hydrogens (tertiary/aromatic N) is 1. The second-order valence-corrected chi connectivity index (χ2v) is 6.28. The molecule has 0 spiro atoms. The van der Waals surface area contributed by atoms with Crippen molar-refractivity contribution in [3.63, 3.8) is 0 Å². The fraction of sp³-hybridized carbons (Fsp3) is 0.600. The summed E-state index contributed by atoms with van der Waals surface area (Å²) in [5.74, 6) is 0.